The predicted octanol–water partition coefficient (Wildman–Crippen LogP) is 2.96. The molecule has 0 saturated carbocycles. The van der Waals surface area contributed by atoms with Crippen LogP contribution in [0, 0.1) is 0 Å². The molecule has 2 aromatic rings. The molecule has 16 heavy (non-hydrogen) atoms. The van der Waals surface area contributed by atoms with Crippen LogP contribution in [0.3, 0.4) is 0 Å². The summed E-state index contributed by atoms with van der Waals surface area (Å²) in [7, 11) is 0. The molecule has 1 aromatic heterocycles. The molecular formula is C12H13N3S. The van der Waals surface area contributed by atoms with Crippen molar-refractivity contribution in [2.45, 2.75) is 19.3 Å². The zero-order valence-electron chi connectivity index (χ0n) is 8.86. The molecule has 0 fully saturated rings. The minimum atomic E-state index is 0.740. The highest BCUT2D eigenvalue weighted by Crippen LogP contribution is 2.28. The molecule has 0 amide bonds. The van der Waals surface area contributed by atoms with Gasteiger partial charge in [-0.2, -0.15) is 0 Å². The highest BCUT2D eigenvalue weighted by atomic mass is 32.1. The van der Waals surface area contributed by atoms with Crippen molar-refractivity contribution in [1.82, 2.24) is 4.98 Å². The van der Waals surface area contributed by atoms with E-state index in [4.69, 9.17) is 5.73 Å². The van der Waals surface area contributed by atoms with E-state index in [1.165, 1.54) is 41.7 Å². The number of aryl methyl sites for hydroxylation is 2. The van der Waals surface area contributed by atoms with Gasteiger partial charge in [0.05, 0.1) is 6.20 Å². The number of hydrogen-bond donors (Lipinski definition) is 2. The summed E-state index contributed by atoms with van der Waals surface area (Å²) in [6.07, 6.45) is 5.38. The van der Waals surface area contributed by atoms with Gasteiger partial charge in [0.2, 0.25) is 0 Å². The van der Waals surface area contributed by atoms with Crippen LogP contribution in [0.25, 0.3) is 0 Å². The van der Waals surface area contributed by atoms with Gasteiger partial charge in [-0.3, -0.25) is 0 Å². The fourth-order valence-corrected chi connectivity index (χ4v) is 2.72. The molecule has 3 N–H and O–H groups in total. The van der Waals surface area contributed by atoms with Gasteiger partial charge >= 0.3 is 0 Å². The van der Waals surface area contributed by atoms with Crippen LogP contribution in [0.2, 0.25) is 0 Å². The van der Waals surface area contributed by atoms with Crippen LogP contribution in [0.1, 0.15) is 17.5 Å². The zero-order valence-corrected chi connectivity index (χ0v) is 9.68. The maximum absolute atomic E-state index is 5.64. The molecule has 1 aliphatic carbocycles. The number of anilines is 3. The number of aromatic nitrogens is 1. The van der Waals surface area contributed by atoms with Gasteiger partial charge in [0.1, 0.15) is 5.00 Å². The summed E-state index contributed by atoms with van der Waals surface area (Å²) in [5, 5.41) is 4.88. The maximum Gasteiger partial charge on any atom is 0.189 e. The lowest BCUT2D eigenvalue weighted by molar-refractivity contribution is 0.912. The SMILES string of the molecule is Nc1cnc(Nc2ccc3c(c2)CCC3)s1. The molecule has 0 saturated heterocycles. The molecule has 0 bridgehead atoms. The van der Waals surface area contributed by atoms with Crippen LogP contribution < -0.4 is 11.1 Å². The molecule has 3 rings (SSSR count). The van der Waals surface area contributed by atoms with Crippen molar-refractivity contribution in [3.63, 3.8) is 0 Å². The van der Waals surface area contributed by atoms with Crippen molar-refractivity contribution in [3.8, 4) is 0 Å². The molecule has 0 atom stereocenters. The van der Waals surface area contributed by atoms with Gasteiger partial charge in [0.25, 0.3) is 0 Å². The number of benzene rings is 1. The van der Waals surface area contributed by atoms with E-state index in [1.807, 2.05) is 0 Å². The third-order valence-corrected chi connectivity index (χ3v) is 3.62. The minimum Gasteiger partial charge on any atom is -0.389 e. The summed E-state index contributed by atoms with van der Waals surface area (Å²) < 4.78 is 0. The molecule has 4 heteroatoms. The van der Waals surface area contributed by atoms with E-state index in [9.17, 15) is 0 Å². The van der Waals surface area contributed by atoms with E-state index >= 15 is 0 Å². The monoisotopic (exact) mass is 231 g/mol. The van der Waals surface area contributed by atoms with Crippen molar-refractivity contribution in [1.29, 1.82) is 0 Å². The smallest absolute Gasteiger partial charge is 0.189 e. The van der Waals surface area contributed by atoms with Crippen molar-refractivity contribution in [3.05, 3.63) is 35.5 Å². The van der Waals surface area contributed by atoms with Crippen molar-refractivity contribution in [2.75, 3.05) is 11.1 Å². The molecule has 0 spiro atoms. The number of nitrogens with one attached hydrogen (secondary N) is 1. The van der Waals surface area contributed by atoms with Gasteiger partial charge in [0.15, 0.2) is 5.13 Å². The van der Waals surface area contributed by atoms with Gasteiger partial charge < -0.3 is 11.1 Å². The van der Waals surface area contributed by atoms with E-state index in [0.29, 0.717) is 0 Å². The average Bonchev–Trinajstić information content (AvgIpc) is 2.87. The van der Waals surface area contributed by atoms with Gasteiger partial charge in [-0.05, 0) is 42.5 Å². The summed E-state index contributed by atoms with van der Waals surface area (Å²) in [5.41, 5.74) is 9.70. The van der Waals surface area contributed by atoms with Crippen LogP contribution >= 0.6 is 11.3 Å². The third kappa shape index (κ3) is 1.76. The van der Waals surface area contributed by atoms with Crippen LogP contribution in [-0.2, 0) is 12.8 Å². The molecule has 1 heterocycles. The Morgan fingerprint density at radius 2 is 2.12 bits per heavy atom. The number of rotatable bonds is 2. The maximum atomic E-state index is 5.64. The Balaban J connectivity index is 1.85. The van der Waals surface area contributed by atoms with Crippen molar-refractivity contribution < 1.29 is 0 Å². The van der Waals surface area contributed by atoms with Crippen LogP contribution in [0.5, 0.6) is 0 Å². The van der Waals surface area contributed by atoms with Gasteiger partial charge in [-0.15, -0.1) is 0 Å². The summed E-state index contributed by atoms with van der Waals surface area (Å²) >= 11 is 1.47. The molecule has 1 aromatic carbocycles. The Morgan fingerprint density at radius 3 is 2.94 bits per heavy atom. The Bertz CT molecular complexity index is 519. The second-order valence-corrected chi connectivity index (χ2v) is 5.09. The van der Waals surface area contributed by atoms with E-state index in [0.717, 1.165) is 15.8 Å². The van der Waals surface area contributed by atoms with E-state index in [2.05, 4.69) is 28.5 Å². The molecule has 0 radical (unpaired) electrons. The first-order chi connectivity index (χ1) is 7.81. The number of thiazole rings is 1. The number of nitrogen functional groups attached to an aromatic ring is 1. The second-order valence-electron chi connectivity index (χ2n) is 4.03. The molecule has 0 aliphatic heterocycles. The lowest BCUT2D eigenvalue weighted by Gasteiger charge is -2.05. The lowest BCUT2D eigenvalue weighted by atomic mass is 10.1. The zero-order chi connectivity index (χ0) is 11.0. The topological polar surface area (TPSA) is 50.9 Å². The second kappa shape index (κ2) is 3.79. The molecule has 3 nitrogen and oxygen atoms in total. The molecule has 1 aliphatic rings. The minimum absolute atomic E-state index is 0.740. The fourth-order valence-electron chi connectivity index (χ4n) is 2.12. The summed E-state index contributed by atoms with van der Waals surface area (Å²) in [6, 6.07) is 6.54. The lowest BCUT2D eigenvalue weighted by Crippen LogP contribution is -1.91. The number of fused-ring (bicyclic) bond motifs is 1. The van der Waals surface area contributed by atoms with E-state index < -0.39 is 0 Å². The summed E-state index contributed by atoms with van der Waals surface area (Å²) in [4.78, 5) is 4.19. The highest BCUT2D eigenvalue weighted by molar-refractivity contribution is 7.19. The molecular weight excluding hydrogens is 218 g/mol. The standard InChI is InChI=1S/C12H13N3S/c13-11-7-14-12(16-11)15-10-5-4-8-2-1-3-9(8)6-10/h4-7H,1-3,13H2,(H,14,15). The highest BCUT2D eigenvalue weighted by Gasteiger charge is 2.11. The van der Waals surface area contributed by atoms with Crippen molar-refractivity contribution in [2.24, 2.45) is 0 Å². The Kier molecular flexibility index (Phi) is 2.29. The predicted molar refractivity (Wildman–Crippen MR) is 68.3 cm³/mol. The van der Waals surface area contributed by atoms with Crippen molar-refractivity contribution >= 4 is 27.2 Å². The first-order valence-electron chi connectivity index (χ1n) is 5.41. The first kappa shape index (κ1) is 9.66. The van der Waals surface area contributed by atoms with Gasteiger partial charge in [-0.1, -0.05) is 17.4 Å². The molecule has 82 valence electrons. The van der Waals surface area contributed by atoms with Crippen LogP contribution in [0.15, 0.2) is 24.4 Å². The number of nitrogens with two attached hydrogens (primary N) is 1. The van der Waals surface area contributed by atoms with Crippen LogP contribution in [0.4, 0.5) is 15.8 Å². The largest absolute Gasteiger partial charge is 0.389 e. The van der Waals surface area contributed by atoms with Crippen LogP contribution in [-0.4, -0.2) is 4.98 Å². The quantitative estimate of drug-likeness (QED) is 0.835. The molecule has 0 unspecified atom stereocenters. The van der Waals surface area contributed by atoms with E-state index in [1.54, 1.807) is 6.20 Å². The summed E-state index contributed by atoms with van der Waals surface area (Å²) in [6.45, 7) is 0. The van der Waals surface area contributed by atoms with Gasteiger partial charge in [-0.25, -0.2) is 4.98 Å². The Hall–Kier alpha value is -1.55. The average molecular weight is 231 g/mol. The number of nitrogens with zero attached hydrogens (tertiary/aromatic N) is 1. The first-order valence-corrected chi connectivity index (χ1v) is 6.23. The summed E-state index contributed by atoms with van der Waals surface area (Å²) in [5.74, 6) is 0. The Labute approximate surface area is 98.3 Å². The fraction of sp³-hybridized carbons (Fsp3) is 0.250. The van der Waals surface area contributed by atoms with Gasteiger partial charge in [0, 0.05) is 5.69 Å². The Morgan fingerprint density at radius 1 is 1.25 bits per heavy atom. The normalized spacial score (nSPS) is 13.8. The third-order valence-electron chi connectivity index (χ3n) is 2.87. The number of hydrogen-bond acceptors (Lipinski definition) is 4. The van der Waals surface area contributed by atoms with E-state index in [-0.39, 0.29) is 0 Å².